The SMILES string of the molecule is CNC(=O)c1cc(C(=O)NCCCN2CCN(C)CC2)cc2c1OC(CO)[C@H]2c1ccccc1. The topological polar surface area (TPSA) is 94.1 Å². The van der Waals surface area contributed by atoms with Crippen LogP contribution in [0, 0.1) is 0 Å². The summed E-state index contributed by atoms with van der Waals surface area (Å²) in [5.74, 6) is -0.384. The first-order chi connectivity index (χ1) is 16.5. The van der Waals surface area contributed by atoms with Crippen LogP contribution in [0.5, 0.6) is 5.75 Å². The number of hydrogen-bond acceptors (Lipinski definition) is 6. The van der Waals surface area contributed by atoms with Crippen molar-refractivity contribution in [3.05, 3.63) is 64.7 Å². The molecule has 2 amide bonds. The van der Waals surface area contributed by atoms with Crippen LogP contribution in [0.3, 0.4) is 0 Å². The van der Waals surface area contributed by atoms with Crippen LogP contribution in [0.15, 0.2) is 42.5 Å². The fourth-order valence-corrected chi connectivity index (χ4v) is 4.74. The first-order valence-corrected chi connectivity index (χ1v) is 11.9. The molecule has 2 aliphatic rings. The number of piperazine rings is 1. The van der Waals surface area contributed by atoms with E-state index in [1.807, 2.05) is 30.3 Å². The summed E-state index contributed by atoms with van der Waals surface area (Å²) in [5, 5.41) is 15.6. The minimum absolute atomic E-state index is 0.199. The summed E-state index contributed by atoms with van der Waals surface area (Å²) in [4.78, 5) is 30.4. The number of nitrogens with one attached hydrogen (secondary N) is 2. The monoisotopic (exact) mass is 466 g/mol. The molecule has 0 bridgehead atoms. The minimum atomic E-state index is -0.525. The van der Waals surface area contributed by atoms with Gasteiger partial charge in [0.15, 0.2) is 0 Å². The molecule has 4 rings (SSSR count). The lowest BCUT2D eigenvalue weighted by Crippen LogP contribution is -2.45. The Bertz CT molecular complexity index is 1010. The zero-order valence-corrected chi connectivity index (χ0v) is 19.9. The fourth-order valence-electron chi connectivity index (χ4n) is 4.74. The molecule has 2 aliphatic heterocycles. The van der Waals surface area contributed by atoms with E-state index in [0.29, 0.717) is 23.4 Å². The highest BCUT2D eigenvalue weighted by Gasteiger charge is 2.38. The molecule has 2 aromatic carbocycles. The van der Waals surface area contributed by atoms with Gasteiger partial charge in [-0.15, -0.1) is 0 Å². The number of aliphatic hydroxyl groups is 1. The summed E-state index contributed by atoms with van der Waals surface area (Å²) in [6, 6.07) is 13.1. The van der Waals surface area contributed by atoms with Crippen molar-refractivity contribution in [1.82, 2.24) is 20.4 Å². The van der Waals surface area contributed by atoms with Gasteiger partial charge in [0.2, 0.25) is 0 Å². The van der Waals surface area contributed by atoms with Crippen molar-refractivity contribution < 1.29 is 19.4 Å². The largest absolute Gasteiger partial charge is 0.486 e. The fraction of sp³-hybridized carbons (Fsp3) is 0.462. The Morgan fingerprint density at radius 3 is 2.50 bits per heavy atom. The van der Waals surface area contributed by atoms with Crippen molar-refractivity contribution in [2.75, 3.05) is 60.0 Å². The number of carbonyl (C=O) groups is 2. The second kappa shape index (κ2) is 11.0. The van der Waals surface area contributed by atoms with Crippen LogP contribution in [0.1, 0.15) is 44.2 Å². The Balaban J connectivity index is 1.52. The van der Waals surface area contributed by atoms with Crippen LogP contribution in [-0.2, 0) is 0 Å². The van der Waals surface area contributed by atoms with E-state index in [2.05, 4.69) is 27.5 Å². The maximum absolute atomic E-state index is 13.0. The molecule has 2 atom stereocenters. The highest BCUT2D eigenvalue weighted by atomic mass is 16.5. The standard InChI is InChI=1S/C26H34N4O4/c1-27-26(33)21-16-19(25(32)28-9-6-10-30-13-11-29(2)12-14-30)15-20-23(18-7-4-3-5-8-18)22(17-31)34-24(20)21/h3-5,7-8,15-16,22-23,31H,6,9-14,17H2,1-2H3,(H,27,33)(H,28,32)/t22?,23-/m0/s1. The predicted octanol–water partition coefficient (Wildman–Crippen LogP) is 1.30. The average molecular weight is 467 g/mol. The average Bonchev–Trinajstić information content (AvgIpc) is 3.25. The Morgan fingerprint density at radius 1 is 1.09 bits per heavy atom. The lowest BCUT2D eigenvalue weighted by atomic mass is 9.86. The zero-order valence-electron chi connectivity index (χ0n) is 19.9. The van der Waals surface area contributed by atoms with E-state index in [4.69, 9.17) is 4.74 Å². The van der Waals surface area contributed by atoms with Crippen LogP contribution < -0.4 is 15.4 Å². The molecular formula is C26H34N4O4. The Morgan fingerprint density at radius 2 is 1.82 bits per heavy atom. The molecule has 0 aliphatic carbocycles. The summed E-state index contributed by atoms with van der Waals surface area (Å²) in [7, 11) is 3.68. The molecule has 0 aromatic heterocycles. The molecule has 182 valence electrons. The quantitative estimate of drug-likeness (QED) is 0.508. The number of ether oxygens (including phenoxy) is 1. The summed E-state index contributed by atoms with van der Waals surface area (Å²) < 4.78 is 6.03. The molecule has 0 spiro atoms. The van der Waals surface area contributed by atoms with E-state index in [1.54, 1.807) is 19.2 Å². The summed E-state index contributed by atoms with van der Waals surface area (Å²) in [6.07, 6.45) is 0.341. The van der Waals surface area contributed by atoms with Crippen molar-refractivity contribution >= 4 is 11.8 Å². The maximum Gasteiger partial charge on any atom is 0.254 e. The third kappa shape index (κ3) is 5.24. The number of carbonyl (C=O) groups excluding carboxylic acids is 2. The number of aliphatic hydroxyl groups excluding tert-OH is 1. The summed E-state index contributed by atoms with van der Waals surface area (Å²) >= 11 is 0. The second-order valence-electron chi connectivity index (χ2n) is 9.00. The van der Waals surface area contributed by atoms with E-state index < -0.39 is 6.10 Å². The Hall–Kier alpha value is -2.94. The lowest BCUT2D eigenvalue weighted by molar-refractivity contribution is 0.0947. The molecule has 1 saturated heterocycles. The van der Waals surface area contributed by atoms with E-state index in [-0.39, 0.29) is 24.3 Å². The van der Waals surface area contributed by atoms with Crippen molar-refractivity contribution in [3.63, 3.8) is 0 Å². The van der Waals surface area contributed by atoms with Crippen molar-refractivity contribution in [1.29, 1.82) is 0 Å². The van der Waals surface area contributed by atoms with Crippen LogP contribution in [-0.4, -0.2) is 92.8 Å². The smallest absolute Gasteiger partial charge is 0.254 e. The molecular weight excluding hydrogens is 432 g/mol. The second-order valence-corrected chi connectivity index (χ2v) is 9.00. The molecule has 2 aromatic rings. The van der Waals surface area contributed by atoms with Gasteiger partial charge >= 0.3 is 0 Å². The van der Waals surface area contributed by atoms with Crippen molar-refractivity contribution in [2.45, 2.75) is 18.4 Å². The van der Waals surface area contributed by atoms with Crippen LogP contribution >= 0.6 is 0 Å². The van der Waals surface area contributed by atoms with Gasteiger partial charge in [-0.2, -0.15) is 0 Å². The highest BCUT2D eigenvalue weighted by molar-refractivity contribution is 6.02. The van der Waals surface area contributed by atoms with Crippen molar-refractivity contribution in [3.8, 4) is 5.75 Å². The van der Waals surface area contributed by atoms with E-state index in [1.165, 1.54) is 0 Å². The molecule has 2 heterocycles. The Labute approximate surface area is 200 Å². The van der Waals surface area contributed by atoms with E-state index in [0.717, 1.165) is 50.3 Å². The van der Waals surface area contributed by atoms with Gasteiger partial charge in [0.25, 0.3) is 11.8 Å². The minimum Gasteiger partial charge on any atom is -0.486 e. The van der Waals surface area contributed by atoms with Crippen LogP contribution in [0.2, 0.25) is 0 Å². The first-order valence-electron chi connectivity index (χ1n) is 11.9. The molecule has 1 unspecified atom stereocenters. The van der Waals surface area contributed by atoms with Gasteiger partial charge in [-0.25, -0.2) is 0 Å². The number of benzene rings is 2. The number of hydrogen-bond donors (Lipinski definition) is 3. The molecule has 8 heteroatoms. The molecule has 0 radical (unpaired) electrons. The zero-order chi connectivity index (χ0) is 24.1. The van der Waals surface area contributed by atoms with Gasteiger partial charge < -0.3 is 30.3 Å². The molecule has 3 N–H and O–H groups in total. The molecule has 0 saturated carbocycles. The van der Waals surface area contributed by atoms with Crippen molar-refractivity contribution in [2.24, 2.45) is 0 Å². The van der Waals surface area contributed by atoms with Gasteiger partial charge in [0.1, 0.15) is 11.9 Å². The molecule has 34 heavy (non-hydrogen) atoms. The summed E-state index contributed by atoms with van der Waals surface area (Å²) in [5.41, 5.74) is 2.43. The predicted molar refractivity (Wildman–Crippen MR) is 131 cm³/mol. The molecule has 1 fully saturated rings. The van der Waals surface area contributed by atoms with Gasteiger partial charge in [-0.1, -0.05) is 30.3 Å². The number of likely N-dealkylation sites (N-methyl/N-ethyl adjacent to an activating group) is 1. The van der Waals surface area contributed by atoms with E-state index >= 15 is 0 Å². The number of amides is 2. The van der Waals surface area contributed by atoms with E-state index in [9.17, 15) is 14.7 Å². The summed E-state index contributed by atoms with van der Waals surface area (Å²) in [6.45, 7) is 5.57. The van der Waals surface area contributed by atoms with Gasteiger partial charge in [0.05, 0.1) is 18.1 Å². The highest BCUT2D eigenvalue weighted by Crippen LogP contribution is 2.44. The van der Waals surface area contributed by atoms with Gasteiger partial charge in [-0.05, 0) is 37.7 Å². The van der Waals surface area contributed by atoms with Crippen LogP contribution in [0.25, 0.3) is 0 Å². The third-order valence-corrected chi connectivity index (χ3v) is 6.70. The maximum atomic E-state index is 13.0. The number of fused-ring (bicyclic) bond motifs is 1. The van der Waals surface area contributed by atoms with Gasteiger partial charge in [0, 0.05) is 50.9 Å². The van der Waals surface area contributed by atoms with Crippen LogP contribution in [0.4, 0.5) is 0 Å². The first kappa shape index (κ1) is 24.2. The third-order valence-electron chi connectivity index (χ3n) is 6.70. The lowest BCUT2D eigenvalue weighted by Gasteiger charge is -2.32. The Kier molecular flexibility index (Phi) is 7.82. The normalized spacial score (nSPS) is 20.4. The number of nitrogens with zero attached hydrogens (tertiary/aromatic N) is 2. The number of rotatable bonds is 8. The van der Waals surface area contributed by atoms with Gasteiger partial charge in [-0.3, -0.25) is 9.59 Å². The molecule has 8 nitrogen and oxygen atoms in total.